The number of pyridine rings is 1. The van der Waals surface area contributed by atoms with Gasteiger partial charge in [-0.15, -0.1) is 0 Å². The Morgan fingerprint density at radius 3 is 2.46 bits per heavy atom. The summed E-state index contributed by atoms with van der Waals surface area (Å²) >= 11 is 0. The minimum absolute atomic E-state index is 0.0865. The number of aromatic nitrogens is 1. The highest BCUT2D eigenvalue weighted by Gasteiger charge is 2.06. The zero-order valence-corrected chi connectivity index (χ0v) is 14.8. The minimum Gasteiger partial charge on any atom is -0.497 e. The number of benzene rings is 2. The lowest BCUT2D eigenvalue weighted by atomic mass is 10.1. The summed E-state index contributed by atoms with van der Waals surface area (Å²) in [6.07, 6.45) is 1.94. The monoisotopic (exact) mass is 347 g/mol. The molecule has 1 heterocycles. The topological polar surface area (TPSA) is 63.2 Å². The molecule has 0 saturated carbocycles. The standard InChI is InChI=1S/C21H21N3O2/c1-15-5-3-4-6-19(15)24-20-12-9-17(14-22-20)23-21(25)13-16-7-10-18(26-2)11-8-16/h3-12,14H,13H2,1-2H3,(H,22,24)(H,23,25). The number of para-hydroxylation sites is 1. The van der Waals surface area contributed by atoms with Gasteiger partial charge in [0, 0.05) is 5.69 Å². The van der Waals surface area contributed by atoms with E-state index in [2.05, 4.69) is 15.6 Å². The van der Waals surface area contributed by atoms with Crippen molar-refractivity contribution in [3.63, 3.8) is 0 Å². The lowest BCUT2D eigenvalue weighted by Crippen LogP contribution is -2.14. The van der Waals surface area contributed by atoms with E-state index >= 15 is 0 Å². The first-order valence-corrected chi connectivity index (χ1v) is 8.35. The molecule has 5 heteroatoms. The quantitative estimate of drug-likeness (QED) is 0.697. The predicted molar refractivity (Wildman–Crippen MR) is 104 cm³/mol. The van der Waals surface area contributed by atoms with E-state index in [0.29, 0.717) is 12.1 Å². The van der Waals surface area contributed by atoms with Crippen molar-refractivity contribution in [1.82, 2.24) is 4.98 Å². The number of amides is 1. The van der Waals surface area contributed by atoms with Crippen LogP contribution < -0.4 is 15.4 Å². The van der Waals surface area contributed by atoms with Gasteiger partial charge in [0.05, 0.1) is 25.4 Å². The van der Waals surface area contributed by atoms with Gasteiger partial charge in [0.1, 0.15) is 11.6 Å². The lowest BCUT2D eigenvalue weighted by molar-refractivity contribution is -0.115. The summed E-state index contributed by atoms with van der Waals surface area (Å²) in [5.74, 6) is 1.42. The number of nitrogens with zero attached hydrogens (tertiary/aromatic N) is 1. The number of carbonyl (C=O) groups excluding carboxylic acids is 1. The number of nitrogens with one attached hydrogen (secondary N) is 2. The summed E-state index contributed by atoms with van der Waals surface area (Å²) in [5.41, 5.74) is 3.75. The van der Waals surface area contributed by atoms with Crippen molar-refractivity contribution in [1.29, 1.82) is 0 Å². The van der Waals surface area contributed by atoms with E-state index in [1.807, 2.05) is 67.6 Å². The molecule has 0 aliphatic carbocycles. The Morgan fingerprint density at radius 1 is 1.04 bits per heavy atom. The van der Waals surface area contributed by atoms with Crippen molar-refractivity contribution in [2.24, 2.45) is 0 Å². The molecule has 26 heavy (non-hydrogen) atoms. The maximum atomic E-state index is 12.2. The first kappa shape index (κ1) is 17.5. The molecule has 1 amide bonds. The largest absolute Gasteiger partial charge is 0.497 e. The summed E-state index contributed by atoms with van der Waals surface area (Å²) in [7, 11) is 1.62. The molecule has 1 aromatic heterocycles. The third-order valence-electron chi connectivity index (χ3n) is 3.98. The molecule has 2 N–H and O–H groups in total. The molecule has 0 saturated heterocycles. The first-order valence-electron chi connectivity index (χ1n) is 8.35. The number of carbonyl (C=O) groups is 1. The fourth-order valence-electron chi connectivity index (χ4n) is 2.53. The summed E-state index contributed by atoms with van der Waals surface area (Å²) in [4.78, 5) is 16.5. The maximum absolute atomic E-state index is 12.2. The average Bonchev–Trinajstić information content (AvgIpc) is 2.66. The van der Waals surface area contributed by atoms with E-state index in [1.54, 1.807) is 13.3 Å². The van der Waals surface area contributed by atoms with Gasteiger partial charge in [-0.2, -0.15) is 0 Å². The second kappa shape index (κ2) is 8.16. The highest BCUT2D eigenvalue weighted by molar-refractivity contribution is 5.92. The van der Waals surface area contributed by atoms with Crippen LogP contribution in [-0.2, 0) is 11.2 Å². The number of aryl methyl sites for hydroxylation is 1. The Balaban J connectivity index is 1.58. The van der Waals surface area contributed by atoms with Crippen molar-refractivity contribution in [2.75, 3.05) is 17.7 Å². The molecule has 0 aliphatic heterocycles. The molecule has 0 aliphatic rings. The fourth-order valence-corrected chi connectivity index (χ4v) is 2.53. The van der Waals surface area contributed by atoms with E-state index in [0.717, 1.165) is 28.4 Å². The van der Waals surface area contributed by atoms with Crippen LogP contribution >= 0.6 is 0 Å². The fraction of sp³-hybridized carbons (Fsp3) is 0.143. The van der Waals surface area contributed by atoms with E-state index in [-0.39, 0.29) is 5.91 Å². The van der Waals surface area contributed by atoms with Gasteiger partial charge in [0.2, 0.25) is 5.91 Å². The van der Waals surface area contributed by atoms with Crippen molar-refractivity contribution in [3.05, 3.63) is 78.0 Å². The van der Waals surface area contributed by atoms with Crippen LogP contribution in [0.5, 0.6) is 5.75 Å². The molecule has 3 rings (SSSR count). The molecule has 0 unspecified atom stereocenters. The summed E-state index contributed by atoms with van der Waals surface area (Å²) in [6.45, 7) is 2.04. The van der Waals surface area contributed by atoms with Crippen LogP contribution in [0.25, 0.3) is 0 Å². The van der Waals surface area contributed by atoms with Crippen LogP contribution in [0.4, 0.5) is 17.2 Å². The van der Waals surface area contributed by atoms with Gasteiger partial charge in [-0.3, -0.25) is 4.79 Å². The van der Waals surface area contributed by atoms with Gasteiger partial charge in [-0.25, -0.2) is 4.98 Å². The highest BCUT2D eigenvalue weighted by atomic mass is 16.5. The van der Waals surface area contributed by atoms with Crippen LogP contribution in [0, 0.1) is 6.92 Å². The van der Waals surface area contributed by atoms with Gasteiger partial charge >= 0.3 is 0 Å². The molecule has 0 atom stereocenters. The van der Waals surface area contributed by atoms with Gasteiger partial charge in [0.25, 0.3) is 0 Å². The third kappa shape index (κ3) is 4.60. The number of hydrogen-bond donors (Lipinski definition) is 2. The molecule has 132 valence electrons. The molecular formula is C21H21N3O2. The van der Waals surface area contributed by atoms with Crippen LogP contribution in [0.2, 0.25) is 0 Å². The second-order valence-corrected chi connectivity index (χ2v) is 5.95. The second-order valence-electron chi connectivity index (χ2n) is 5.95. The van der Waals surface area contributed by atoms with E-state index in [1.165, 1.54) is 0 Å². The van der Waals surface area contributed by atoms with Crippen LogP contribution in [0.15, 0.2) is 66.9 Å². The molecule has 0 radical (unpaired) electrons. The smallest absolute Gasteiger partial charge is 0.228 e. The molecule has 3 aromatic rings. The Labute approximate surface area is 153 Å². The Bertz CT molecular complexity index is 875. The number of hydrogen-bond acceptors (Lipinski definition) is 4. The van der Waals surface area contributed by atoms with Crippen molar-refractivity contribution in [2.45, 2.75) is 13.3 Å². The molecular weight excluding hydrogens is 326 g/mol. The van der Waals surface area contributed by atoms with Gasteiger partial charge < -0.3 is 15.4 Å². The Morgan fingerprint density at radius 2 is 1.81 bits per heavy atom. The molecule has 0 fully saturated rings. The average molecular weight is 347 g/mol. The third-order valence-corrected chi connectivity index (χ3v) is 3.98. The summed E-state index contributed by atoms with van der Waals surface area (Å²) in [6, 6.07) is 19.1. The van der Waals surface area contributed by atoms with E-state index in [4.69, 9.17) is 4.74 Å². The normalized spacial score (nSPS) is 10.2. The van der Waals surface area contributed by atoms with Crippen molar-refractivity contribution in [3.8, 4) is 5.75 Å². The van der Waals surface area contributed by atoms with Crippen LogP contribution in [0.3, 0.4) is 0 Å². The SMILES string of the molecule is COc1ccc(CC(=O)Nc2ccc(Nc3ccccc3C)nc2)cc1. The van der Waals surface area contributed by atoms with Gasteiger partial charge in [-0.05, 0) is 48.4 Å². The first-order chi connectivity index (χ1) is 12.6. The number of methoxy groups -OCH3 is 1. The molecule has 0 spiro atoms. The molecule has 0 bridgehead atoms. The minimum atomic E-state index is -0.0865. The Kier molecular flexibility index (Phi) is 5.49. The molecule has 5 nitrogen and oxygen atoms in total. The number of rotatable bonds is 6. The lowest BCUT2D eigenvalue weighted by Gasteiger charge is -2.10. The van der Waals surface area contributed by atoms with Crippen molar-refractivity contribution < 1.29 is 9.53 Å². The van der Waals surface area contributed by atoms with E-state index in [9.17, 15) is 4.79 Å². The zero-order chi connectivity index (χ0) is 18.4. The molecule has 2 aromatic carbocycles. The van der Waals surface area contributed by atoms with Gasteiger partial charge in [-0.1, -0.05) is 30.3 Å². The van der Waals surface area contributed by atoms with E-state index < -0.39 is 0 Å². The number of anilines is 3. The zero-order valence-electron chi connectivity index (χ0n) is 14.8. The van der Waals surface area contributed by atoms with Gasteiger partial charge in [0.15, 0.2) is 0 Å². The summed E-state index contributed by atoms with van der Waals surface area (Å²) in [5, 5.41) is 6.13. The maximum Gasteiger partial charge on any atom is 0.228 e. The van der Waals surface area contributed by atoms with Crippen molar-refractivity contribution >= 4 is 23.1 Å². The van der Waals surface area contributed by atoms with Crippen LogP contribution in [-0.4, -0.2) is 18.0 Å². The Hall–Kier alpha value is -3.34. The highest BCUT2D eigenvalue weighted by Crippen LogP contribution is 2.19. The number of ether oxygens (including phenoxy) is 1. The summed E-state index contributed by atoms with van der Waals surface area (Å²) < 4.78 is 5.12. The predicted octanol–water partition coefficient (Wildman–Crippen LogP) is 4.32. The van der Waals surface area contributed by atoms with Crippen LogP contribution in [0.1, 0.15) is 11.1 Å².